The van der Waals surface area contributed by atoms with Gasteiger partial charge in [-0.3, -0.25) is 0 Å². The minimum Gasteiger partial charge on any atom is -0.206 e. The molecule has 0 saturated heterocycles. The highest BCUT2D eigenvalue weighted by molar-refractivity contribution is 5.45. The number of benzene rings is 1. The molecule has 0 N–H and O–H groups in total. The van der Waals surface area contributed by atoms with Crippen molar-refractivity contribution in [2.24, 2.45) is 10.8 Å². The molecule has 0 radical (unpaired) electrons. The fourth-order valence-corrected chi connectivity index (χ4v) is 8.01. The van der Waals surface area contributed by atoms with E-state index in [1.165, 1.54) is 103 Å². The van der Waals surface area contributed by atoms with Crippen molar-refractivity contribution >= 4 is 0 Å². The van der Waals surface area contributed by atoms with E-state index in [2.05, 4.69) is 0 Å². The Morgan fingerprint density at radius 3 is 1.03 bits per heavy atom. The minimum absolute atomic E-state index is 0.00671. The second-order valence-electron chi connectivity index (χ2n) is 12.1. The van der Waals surface area contributed by atoms with E-state index in [9.17, 15) is 0 Å². The van der Waals surface area contributed by atoms with Gasteiger partial charge in [-0.15, -0.1) is 0 Å². The molecular formula is C30H44F2. The van der Waals surface area contributed by atoms with Crippen LogP contribution < -0.4 is 0 Å². The lowest BCUT2D eigenvalue weighted by Gasteiger charge is -2.43. The first-order valence-electron chi connectivity index (χ1n) is 14.1. The third-order valence-electron chi connectivity index (χ3n) is 10.0. The summed E-state index contributed by atoms with van der Waals surface area (Å²) in [6.45, 7) is 0. The first-order chi connectivity index (χ1) is 15.6. The number of hydrogen-bond donors (Lipinski definition) is 0. The average molecular weight is 443 g/mol. The molecule has 0 unspecified atom stereocenters. The SMILES string of the molecule is Fc1c2c(c(F)c3c1CC1(CCCCCCCCC1)CC3)CC1(CCCCCCC1)CC2. The van der Waals surface area contributed by atoms with Crippen LogP contribution in [0.1, 0.15) is 138 Å². The standard InChI is InChI=1S/C30H44F2/c31-27-24-14-20-30(17-11-7-4-8-12-18-30)22-26(24)28(32)23-13-19-29(21-25(23)27)15-9-5-2-1-3-6-10-16-29/h1-22H2. The Balaban J connectivity index is 1.43. The van der Waals surface area contributed by atoms with Crippen molar-refractivity contribution in [3.8, 4) is 0 Å². The molecule has 2 fully saturated rings. The van der Waals surface area contributed by atoms with Crippen LogP contribution in [0.4, 0.5) is 8.78 Å². The quantitative estimate of drug-likeness (QED) is 0.375. The van der Waals surface area contributed by atoms with E-state index in [1.807, 2.05) is 0 Å². The molecule has 0 nitrogen and oxygen atoms in total. The molecule has 0 atom stereocenters. The fraction of sp³-hybridized carbons (Fsp3) is 0.800. The normalized spacial score (nSPS) is 26.1. The van der Waals surface area contributed by atoms with Crippen LogP contribution in [-0.2, 0) is 25.7 Å². The topological polar surface area (TPSA) is 0 Å². The molecule has 0 amide bonds. The Morgan fingerprint density at radius 1 is 0.375 bits per heavy atom. The molecule has 2 saturated carbocycles. The van der Waals surface area contributed by atoms with Crippen LogP contribution in [0.3, 0.4) is 0 Å². The van der Waals surface area contributed by atoms with Gasteiger partial charge in [0.15, 0.2) is 0 Å². The van der Waals surface area contributed by atoms with Gasteiger partial charge < -0.3 is 0 Å². The van der Waals surface area contributed by atoms with Crippen molar-refractivity contribution in [1.82, 2.24) is 0 Å². The number of halogens is 2. The van der Waals surface area contributed by atoms with E-state index < -0.39 is 0 Å². The summed E-state index contributed by atoms with van der Waals surface area (Å²) in [5, 5.41) is 0. The molecule has 1 aromatic carbocycles. The Bertz CT molecular complexity index is 790. The molecule has 4 aliphatic rings. The predicted octanol–water partition coefficient (Wildman–Crippen LogP) is 9.18. The lowest BCUT2D eigenvalue weighted by molar-refractivity contribution is 0.170. The van der Waals surface area contributed by atoms with Gasteiger partial charge in [0.1, 0.15) is 11.6 Å². The van der Waals surface area contributed by atoms with E-state index in [1.54, 1.807) is 0 Å². The number of rotatable bonds is 0. The maximum absolute atomic E-state index is 16.0. The molecule has 0 bridgehead atoms. The Labute approximate surface area is 194 Å². The zero-order valence-corrected chi connectivity index (χ0v) is 20.3. The first-order valence-corrected chi connectivity index (χ1v) is 14.1. The van der Waals surface area contributed by atoms with Crippen LogP contribution in [0.25, 0.3) is 0 Å². The van der Waals surface area contributed by atoms with Crippen LogP contribution >= 0.6 is 0 Å². The molecule has 0 heterocycles. The Morgan fingerprint density at radius 2 is 0.688 bits per heavy atom. The molecule has 4 aliphatic carbocycles. The molecule has 0 aromatic heterocycles. The highest BCUT2D eigenvalue weighted by Crippen LogP contribution is 2.50. The van der Waals surface area contributed by atoms with Crippen LogP contribution in [0.15, 0.2) is 0 Å². The van der Waals surface area contributed by atoms with Gasteiger partial charge in [0.25, 0.3) is 0 Å². The molecule has 2 spiro atoms. The van der Waals surface area contributed by atoms with Crippen molar-refractivity contribution in [1.29, 1.82) is 0 Å². The lowest BCUT2D eigenvalue weighted by atomic mass is 9.62. The fourth-order valence-electron chi connectivity index (χ4n) is 8.01. The molecule has 2 heteroatoms. The van der Waals surface area contributed by atoms with Crippen molar-refractivity contribution in [2.75, 3.05) is 0 Å². The summed E-state index contributed by atoms with van der Waals surface area (Å²) >= 11 is 0. The Hall–Kier alpha value is -0.920. The Kier molecular flexibility index (Phi) is 6.96. The summed E-state index contributed by atoms with van der Waals surface area (Å²) in [6.07, 6.45) is 25.9. The van der Waals surface area contributed by atoms with Gasteiger partial charge in [0.2, 0.25) is 0 Å². The largest absolute Gasteiger partial charge is 0.206 e. The summed E-state index contributed by atoms with van der Waals surface area (Å²) in [4.78, 5) is 0. The molecule has 0 aliphatic heterocycles. The van der Waals surface area contributed by atoms with Crippen LogP contribution in [-0.4, -0.2) is 0 Å². The van der Waals surface area contributed by atoms with E-state index in [0.717, 1.165) is 60.8 Å². The molecule has 5 rings (SSSR count). The molecular weight excluding hydrogens is 398 g/mol. The summed E-state index contributed by atoms with van der Waals surface area (Å²) in [6, 6.07) is 0. The summed E-state index contributed by atoms with van der Waals surface area (Å²) in [5.41, 5.74) is 3.58. The van der Waals surface area contributed by atoms with Gasteiger partial charge in [-0.25, -0.2) is 8.78 Å². The predicted molar refractivity (Wildman–Crippen MR) is 129 cm³/mol. The van der Waals surface area contributed by atoms with Gasteiger partial charge in [-0.2, -0.15) is 0 Å². The molecule has 1 aromatic rings. The third-order valence-corrected chi connectivity index (χ3v) is 10.0. The summed E-state index contributed by atoms with van der Waals surface area (Å²) < 4.78 is 32.0. The van der Waals surface area contributed by atoms with Crippen molar-refractivity contribution in [2.45, 2.75) is 141 Å². The van der Waals surface area contributed by atoms with Crippen molar-refractivity contribution in [3.05, 3.63) is 33.9 Å². The zero-order chi connectivity index (χ0) is 22.0. The highest BCUT2D eigenvalue weighted by atomic mass is 19.1. The lowest BCUT2D eigenvalue weighted by Crippen LogP contribution is -2.35. The van der Waals surface area contributed by atoms with Crippen molar-refractivity contribution < 1.29 is 8.78 Å². The summed E-state index contributed by atoms with van der Waals surface area (Å²) in [5.74, 6) is 0.0144. The summed E-state index contributed by atoms with van der Waals surface area (Å²) in [7, 11) is 0. The van der Waals surface area contributed by atoms with Crippen LogP contribution in [0.5, 0.6) is 0 Å². The van der Waals surface area contributed by atoms with Gasteiger partial charge in [0.05, 0.1) is 0 Å². The zero-order valence-electron chi connectivity index (χ0n) is 20.3. The van der Waals surface area contributed by atoms with Gasteiger partial charge in [0, 0.05) is 0 Å². The number of hydrogen-bond acceptors (Lipinski definition) is 0. The van der Waals surface area contributed by atoms with Crippen molar-refractivity contribution in [3.63, 3.8) is 0 Å². The molecule has 178 valence electrons. The highest BCUT2D eigenvalue weighted by Gasteiger charge is 2.42. The minimum atomic E-state index is 0.00671. The van der Waals surface area contributed by atoms with Gasteiger partial charge in [-0.1, -0.05) is 77.0 Å². The van der Waals surface area contributed by atoms with Crippen LogP contribution in [0.2, 0.25) is 0 Å². The van der Waals surface area contributed by atoms with Crippen LogP contribution in [0, 0.1) is 22.5 Å². The smallest absolute Gasteiger partial charge is 0.130 e. The second kappa shape index (κ2) is 9.75. The van der Waals surface area contributed by atoms with Gasteiger partial charge in [-0.05, 0) is 97.3 Å². The first kappa shape index (κ1) is 22.9. The molecule has 32 heavy (non-hydrogen) atoms. The van der Waals surface area contributed by atoms with Gasteiger partial charge >= 0.3 is 0 Å². The average Bonchev–Trinajstić information content (AvgIpc) is 2.79. The maximum Gasteiger partial charge on any atom is 0.130 e. The monoisotopic (exact) mass is 442 g/mol. The van der Waals surface area contributed by atoms with E-state index in [-0.39, 0.29) is 22.5 Å². The second-order valence-corrected chi connectivity index (χ2v) is 12.1. The maximum atomic E-state index is 16.0. The van der Waals surface area contributed by atoms with E-state index >= 15 is 8.78 Å². The third kappa shape index (κ3) is 4.54. The number of fused-ring (bicyclic) bond motifs is 2. The van der Waals surface area contributed by atoms with E-state index in [0.29, 0.717) is 0 Å². The van der Waals surface area contributed by atoms with E-state index in [4.69, 9.17) is 0 Å².